The van der Waals surface area contributed by atoms with Crippen molar-refractivity contribution >= 4 is 0 Å². The first-order valence-corrected chi connectivity index (χ1v) is 12.1. The van der Waals surface area contributed by atoms with E-state index in [-0.39, 0.29) is 5.41 Å². The Morgan fingerprint density at radius 2 is 1.41 bits per heavy atom. The fourth-order valence-corrected chi connectivity index (χ4v) is 4.50. The zero-order chi connectivity index (χ0) is 23.7. The number of para-hydroxylation sites is 1. The summed E-state index contributed by atoms with van der Waals surface area (Å²) in [6.45, 7) is 9.02. The van der Waals surface area contributed by atoms with E-state index in [1.54, 1.807) is 0 Å². The minimum absolute atomic E-state index is 0.0494. The van der Waals surface area contributed by atoms with Crippen molar-refractivity contribution in [1.29, 1.82) is 0 Å². The number of aryl methyl sites for hydroxylation is 1. The zero-order valence-electron chi connectivity index (χ0n) is 20.5. The third-order valence-electron chi connectivity index (χ3n) is 6.53. The van der Waals surface area contributed by atoms with Gasteiger partial charge in [-0.2, -0.15) is 0 Å². The summed E-state index contributed by atoms with van der Waals surface area (Å²) >= 11 is 0. The normalized spacial score (nSPS) is 11.6. The Balaban J connectivity index is 1.70. The SMILES string of the molecule is CCc1ccc(-c2ccccc2-n2cc(C(C)(C)C)cc2-c2cccc(-c3ccccc3)c2)[nH]1. The number of hydrogen-bond donors (Lipinski definition) is 1. The van der Waals surface area contributed by atoms with Crippen LogP contribution in [-0.4, -0.2) is 9.55 Å². The Labute approximate surface area is 202 Å². The Morgan fingerprint density at radius 3 is 2.15 bits per heavy atom. The van der Waals surface area contributed by atoms with E-state index in [4.69, 9.17) is 0 Å². The second kappa shape index (κ2) is 8.87. The van der Waals surface area contributed by atoms with Crippen LogP contribution in [0.1, 0.15) is 39.0 Å². The van der Waals surface area contributed by atoms with E-state index >= 15 is 0 Å². The zero-order valence-corrected chi connectivity index (χ0v) is 20.5. The van der Waals surface area contributed by atoms with Crippen LogP contribution in [0.4, 0.5) is 0 Å². The monoisotopic (exact) mass is 444 g/mol. The largest absolute Gasteiger partial charge is 0.358 e. The standard InChI is InChI=1S/C32H32N2/c1-5-27-18-19-29(33-27)28-16-9-10-17-30(28)34-22-26(32(2,3)4)21-31(34)25-15-11-14-24(20-25)23-12-7-6-8-13-23/h6-22,33H,5H2,1-4H3. The molecule has 2 aromatic heterocycles. The van der Waals surface area contributed by atoms with Gasteiger partial charge in [-0.1, -0.05) is 94.4 Å². The van der Waals surface area contributed by atoms with Gasteiger partial charge in [0.1, 0.15) is 0 Å². The molecule has 0 radical (unpaired) electrons. The third kappa shape index (κ3) is 4.24. The number of nitrogens with one attached hydrogen (secondary N) is 1. The van der Waals surface area contributed by atoms with Crippen molar-refractivity contribution in [2.75, 3.05) is 0 Å². The predicted octanol–water partition coefficient (Wildman–Crippen LogP) is 8.67. The maximum absolute atomic E-state index is 3.60. The molecule has 0 aliphatic heterocycles. The fraction of sp³-hybridized carbons (Fsp3) is 0.188. The van der Waals surface area contributed by atoms with Crippen molar-refractivity contribution in [3.05, 3.63) is 115 Å². The van der Waals surface area contributed by atoms with Gasteiger partial charge in [0.25, 0.3) is 0 Å². The highest BCUT2D eigenvalue weighted by Gasteiger charge is 2.21. The molecule has 5 rings (SSSR count). The summed E-state index contributed by atoms with van der Waals surface area (Å²) in [5, 5.41) is 0. The van der Waals surface area contributed by atoms with E-state index in [1.807, 2.05) is 0 Å². The van der Waals surface area contributed by atoms with Crippen LogP contribution in [0, 0.1) is 0 Å². The van der Waals surface area contributed by atoms with Gasteiger partial charge in [-0.3, -0.25) is 0 Å². The van der Waals surface area contributed by atoms with E-state index in [1.165, 1.54) is 44.9 Å². The van der Waals surface area contributed by atoms with Crippen molar-refractivity contribution in [2.45, 2.75) is 39.5 Å². The van der Waals surface area contributed by atoms with Gasteiger partial charge >= 0.3 is 0 Å². The van der Waals surface area contributed by atoms with Crippen LogP contribution in [0.2, 0.25) is 0 Å². The van der Waals surface area contributed by atoms with E-state index in [0.29, 0.717) is 0 Å². The van der Waals surface area contributed by atoms with E-state index in [9.17, 15) is 0 Å². The minimum atomic E-state index is 0.0494. The first-order chi connectivity index (χ1) is 16.4. The molecule has 0 unspecified atom stereocenters. The lowest BCUT2D eigenvalue weighted by atomic mass is 9.89. The number of H-pyrrole nitrogens is 1. The highest BCUT2D eigenvalue weighted by atomic mass is 15.0. The molecule has 0 fully saturated rings. The van der Waals surface area contributed by atoms with Crippen molar-refractivity contribution in [3.63, 3.8) is 0 Å². The molecule has 0 saturated carbocycles. The molecule has 0 aliphatic carbocycles. The molecule has 2 nitrogen and oxygen atoms in total. The Hall–Kier alpha value is -3.78. The van der Waals surface area contributed by atoms with E-state index in [0.717, 1.165) is 12.1 Å². The summed E-state index contributed by atoms with van der Waals surface area (Å²) in [4.78, 5) is 3.60. The van der Waals surface area contributed by atoms with E-state index < -0.39 is 0 Å². The van der Waals surface area contributed by atoms with Gasteiger partial charge in [0, 0.05) is 23.1 Å². The molecule has 0 bridgehead atoms. The van der Waals surface area contributed by atoms with Gasteiger partial charge < -0.3 is 9.55 Å². The lowest BCUT2D eigenvalue weighted by Crippen LogP contribution is -2.09. The third-order valence-corrected chi connectivity index (χ3v) is 6.53. The minimum Gasteiger partial charge on any atom is -0.358 e. The van der Waals surface area contributed by atoms with Gasteiger partial charge in [-0.25, -0.2) is 0 Å². The molecule has 0 saturated heterocycles. The first kappa shape index (κ1) is 22.0. The highest BCUT2D eigenvalue weighted by molar-refractivity contribution is 5.77. The van der Waals surface area contributed by atoms with Crippen molar-refractivity contribution in [1.82, 2.24) is 9.55 Å². The summed E-state index contributed by atoms with van der Waals surface area (Å²) in [6.07, 6.45) is 3.31. The van der Waals surface area contributed by atoms with Gasteiger partial charge in [0.05, 0.1) is 11.4 Å². The molecule has 1 N–H and O–H groups in total. The average Bonchev–Trinajstić information content (AvgIpc) is 3.52. The van der Waals surface area contributed by atoms with Crippen LogP contribution < -0.4 is 0 Å². The van der Waals surface area contributed by atoms with Crippen LogP contribution in [0.3, 0.4) is 0 Å². The summed E-state index contributed by atoms with van der Waals surface area (Å²) < 4.78 is 2.37. The summed E-state index contributed by atoms with van der Waals surface area (Å²) in [6, 6.07) is 34.9. The van der Waals surface area contributed by atoms with Gasteiger partial charge in [-0.05, 0) is 64.4 Å². The predicted molar refractivity (Wildman–Crippen MR) is 145 cm³/mol. The fourth-order valence-electron chi connectivity index (χ4n) is 4.50. The topological polar surface area (TPSA) is 20.7 Å². The molecule has 3 aromatic carbocycles. The highest BCUT2D eigenvalue weighted by Crippen LogP contribution is 2.36. The lowest BCUT2D eigenvalue weighted by Gasteiger charge is -2.16. The van der Waals surface area contributed by atoms with Crippen molar-refractivity contribution in [2.24, 2.45) is 0 Å². The number of aromatic nitrogens is 2. The molecule has 2 heteroatoms. The lowest BCUT2D eigenvalue weighted by molar-refractivity contribution is 0.590. The van der Waals surface area contributed by atoms with Crippen molar-refractivity contribution in [3.8, 4) is 39.3 Å². The van der Waals surface area contributed by atoms with E-state index in [2.05, 4.69) is 141 Å². The van der Waals surface area contributed by atoms with Gasteiger partial charge in [0.15, 0.2) is 0 Å². The van der Waals surface area contributed by atoms with Gasteiger partial charge in [-0.15, -0.1) is 0 Å². The summed E-state index contributed by atoms with van der Waals surface area (Å²) in [5.74, 6) is 0. The molecular formula is C32H32N2. The van der Waals surface area contributed by atoms with Crippen LogP contribution in [0.15, 0.2) is 103 Å². The van der Waals surface area contributed by atoms with Crippen molar-refractivity contribution < 1.29 is 0 Å². The molecule has 170 valence electrons. The molecule has 34 heavy (non-hydrogen) atoms. The van der Waals surface area contributed by atoms with Crippen LogP contribution in [-0.2, 0) is 11.8 Å². The first-order valence-electron chi connectivity index (χ1n) is 12.1. The maximum atomic E-state index is 3.60. The quantitative estimate of drug-likeness (QED) is 0.280. The molecule has 0 amide bonds. The maximum Gasteiger partial charge on any atom is 0.0549 e. The number of rotatable bonds is 5. The Bertz CT molecular complexity index is 1410. The summed E-state index contributed by atoms with van der Waals surface area (Å²) in [7, 11) is 0. The van der Waals surface area contributed by atoms with Crippen LogP contribution in [0.5, 0.6) is 0 Å². The second-order valence-corrected chi connectivity index (χ2v) is 9.95. The number of aromatic amines is 1. The molecular weight excluding hydrogens is 412 g/mol. The van der Waals surface area contributed by atoms with Crippen LogP contribution in [0.25, 0.3) is 39.3 Å². The molecule has 0 spiro atoms. The molecule has 5 aromatic rings. The Kier molecular flexibility index (Phi) is 5.75. The van der Waals surface area contributed by atoms with Crippen LogP contribution >= 0.6 is 0 Å². The number of hydrogen-bond acceptors (Lipinski definition) is 0. The summed E-state index contributed by atoms with van der Waals surface area (Å²) in [5.41, 5.74) is 11.1. The average molecular weight is 445 g/mol. The molecule has 2 heterocycles. The number of nitrogens with zero attached hydrogens (tertiary/aromatic N) is 1. The molecule has 0 atom stereocenters. The number of benzene rings is 3. The van der Waals surface area contributed by atoms with Gasteiger partial charge in [0.2, 0.25) is 0 Å². The Morgan fingerprint density at radius 1 is 0.706 bits per heavy atom. The second-order valence-electron chi connectivity index (χ2n) is 9.95. The smallest absolute Gasteiger partial charge is 0.0549 e. The molecule has 0 aliphatic rings.